The van der Waals surface area contributed by atoms with Crippen molar-refractivity contribution in [3.05, 3.63) is 45.8 Å². The molecule has 1 aliphatic heterocycles. The monoisotopic (exact) mass is 386 g/mol. The van der Waals surface area contributed by atoms with E-state index >= 15 is 0 Å². The molecule has 0 spiro atoms. The van der Waals surface area contributed by atoms with Crippen LogP contribution in [0.2, 0.25) is 0 Å². The highest BCUT2D eigenvalue weighted by atomic mass is 16.5. The SMILES string of the molecule is CCC1(CC)NC(=O)N(CC(=O)OCc2cc(=O)oc3cc(C)ccc23)C1=O. The van der Waals surface area contributed by atoms with E-state index < -0.39 is 35.6 Å². The third-order valence-electron chi connectivity index (χ3n) is 5.11. The molecule has 1 aliphatic rings. The molecule has 3 rings (SSSR count). The van der Waals surface area contributed by atoms with Gasteiger partial charge in [0.05, 0.1) is 0 Å². The van der Waals surface area contributed by atoms with Crippen LogP contribution in [0.4, 0.5) is 4.79 Å². The first kappa shape index (κ1) is 19.6. The molecule has 1 aromatic carbocycles. The van der Waals surface area contributed by atoms with Gasteiger partial charge in [0, 0.05) is 17.0 Å². The van der Waals surface area contributed by atoms with Crippen molar-refractivity contribution in [3.8, 4) is 0 Å². The van der Waals surface area contributed by atoms with Crippen LogP contribution in [-0.2, 0) is 20.9 Å². The topological polar surface area (TPSA) is 106 Å². The van der Waals surface area contributed by atoms with Crippen molar-refractivity contribution in [2.75, 3.05) is 6.54 Å². The molecule has 0 aliphatic carbocycles. The number of imide groups is 1. The van der Waals surface area contributed by atoms with Crippen LogP contribution >= 0.6 is 0 Å². The quantitative estimate of drug-likeness (QED) is 0.464. The summed E-state index contributed by atoms with van der Waals surface area (Å²) in [5.41, 5.74) is 0.313. The standard InChI is InChI=1S/C20H22N2O6/c1-4-20(5-2)18(25)22(19(26)21-20)10-17(24)27-11-13-9-16(23)28-15-8-12(3)6-7-14(13)15/h6-9H,4-5,10-11H2,1-3H3,(H,21,26). The highest BCUT2D eigenvalue weighted by molar-refractivity contribution is 6.08. The fourth-order valence-electron chi connectivity index (χ4n) is 3.34. The maximum atomic E-state index is 12.5. The van der Waals surface area contributed by atoms with Gasteiger partial charge in [-0.25, -0.2) is 9.59 Å². The highest BCUT2D eigenvalue weighted by Crippen LogP contribution is 2.25. The number of hydrogen-bond donors (Lipinski definition) is 1. The van der Waals surface area contributed by atoms with E-state index in [9.17, 15) is 19.2 Å². The van der Waals surface area contributed by atoms with Crippen LogP contribution in [0.1, 0.15) is 37.8 Å². The molecule has 148 valence electrons. The summed E-state index contributed by atoms with van der Waals surface area (Å²) in [5.74, 6) is -1.17. The van der Waals surface area contributed by atoms with Gasteiger partial charge in [0.15, 0.2) is 0 Å². The predicted molar refractivity (Wildman–Crippen MR) is 101 cm³/mol. The Morgan fingerprint density at radius 1 is 1.18 bits per heavy atom. The molecule has 0 radical (unpaired) electrons. The molecule has 1 fully saturated rings. The summed E-state index contributed by atoms with van der Waals surface area (Å²) in [5, 5.41) is 3.32. The minimum atomic E-state index is -0.968. The van der Waals surface area contributed by atoms with E-state index in [-0.39, 0.29) is 6.61 Å². The first-order valence-electron chi connectivity index (χ1n) is 9.12. The van der Waals surface area contributed by atoms with Crippen molar-refractivity contribution in [1.29, 1.82) is 0 Å². The maximum absolute atomic E-state index is 12.5. The Hall–Kier alpha value is -3.16. The summed E-state index contributed by atoms with van der Waals surface area (Å²) in [7, 11) is 0. The lowest BCUT2D eigenvalue weighted by Gasteiger charge is -2.22. The molecule has 2 heterocycles. The zero-order valence-corrected chi connectivity index (χ0v) is 16.0. The van der Waals surface area contributed by atoms with E-state index in [1.165, 1.54) is 6.07 Å². The largest absolute Gasteiger partial charge is 0.459 e. The van der Waals surface area contributed by atoms with Gasteiger partial charge in [0.2, 0.25) is 0 Å². The first-order valence-corrected chi connectivity index (χ1v) is 9.12. The summed E-state index contributed by atoms with van der Waals surface area (Å²) in [6.45, 7) is 4.83. The fraction of sp³-hybridized carbons (Fsp3) is 0.400. The van der Waals surface area contributed by atoms with Gasteiger partial charge in [-0.15, -0.1) is 0 Å². The minimum absolute atomic E-state index is 0.166. The summed E-state index contributed by atoms with van der Waals surface area (Å²) in [4.78, 5) is 49.5. The smallest absolute Gasteiger partial charge is 0.336 e. The van der Waals surface area contributed by atoms with Gasteiger partial charge in [-0.2, -0.15) is 0 Å². The molecular weight excluding hydrogens is 364 g/mol. The molecule has 0 bridgehead atoms. The summed E-state index contributed by atoms with van der Waals surface area (Å²) in [6, 6.07) is 6.02. The lowest BCUT2D eigenvalue weighted by Crippen LogP contribution is -2.46. The number of urea groups is 1. The van der Waals surface area contributed by atoms with Crippen LogP contribution in [0, 0.1) is 6.92 Å². The van der Waals surface area contributed by atoms with Crippen molar-refractivity contribution < 1.29 is 23.5 Å². The van der Waals surface area contributed by atoms with Crippen LogP contribution in [-0.4, -0.2) is 34.9 Å². The van der Waals surface area contributed by atoms with Crippen molar-refractivity contribution in [2.45, 2.75) is 45.8 Å². The molecule has 2 aromatic rings. The Labute approximate surface area is 161 Å². The molecule has 8 nitrogen and oxygen atoms in total. The number of hydrogen-bond acceptors (Lipinski definition) is 6. The molecule has 0 atom stereocenters. The number of carbonyl (C=O) groups excluding carboxylic acids is 3. The number of nitrogens with zero attached hydrogens (tertiary/aromatic N) is 1. The van der Waals surface area contributed by atoms with Crippen LogP contribution in [0.3, 0.4) is 0 Å². The number of ether oxygens (including phenoxy) is 1. The molecule has 0 saturated carbocycles. The molecule has 3 amide bonds. The molecule has 28 heavy (non-hydrogen) atoms. The van der Waals surface area contributed by atoms with Gasteiger partial charge in [0.25, 0.3) is 5.91 Å². The third-order valence-corrected chi connectivity index (χ3v) is 5.11. The maximum Gasteiger partial charge on any atom is 0.336 e. The second kappa shape index (κ2) is 7.46. The van der Waals surface area contributed by atoms with E-state index in [0.717, 1.165) is 10.5 Å². The molecule has 1 saturated heterocycles. The summed E-state index contributed by atoms with van der Waals surface area (Å²) >= 11 is 0. The number of aryl methyl sites for hydroxylation is 1. The fourth-order valence-corrected chi connectivity index (χ4v) is 3.34. The van der Waals surface area contributed by atoms with Gasteiger partial charge >= 0.3 is 17.6 Å². The van der Waals surface area contributed by atoms with Gasteiger partial charge < -0.3 is 14.5 Å². The number of amides is 3. The van der Waals surface area contributed by atoms with Crippen molar-refractivity contribution >= 4 is 28.9 Å². The Bertz CT molecular complexity index is 1010. The zero-order valence-electron chi connectivity index (χ0n) is 16.0. The first-order chi connectivity index (χ1) is 13.3. The van der Waals surface area contributed by atoms with Crippen LogP contribution < -0.4 is 10.9 Å². The number of nitrogens with one attached hydrogen (secondary N) is 1. The Kier molecular flexibility index (Phi) is 5.22. The lowest BCUT2D eigenvalue weighted by molar-refractivity contribution is -0.148. The van der Waals surface area contributed by atoms with Gasteiger partial charge in [-0.05, 0) is 31.4 Å². The van der Waals surface area contributed by atoms with Crippen LogP contribution in [0.25, 0.3) is 11.0 Å². The van der Waals surface area contributed by atoms with E-state index in [4.69, 9.17) is 9.15 Å². The number of benzene rings is 1. The van der Waals surface area contributed by atoms with E-state index in [0.29, 0.717) is 29.4 Å². The van der Waals surface area contributed by atoms with Crippen molar-refractivity contribution in [1.82, 2.24) is 10.2 Å². The second-order valence-electron chi connectivity index (χ2n) is 6.86. The highest BCUT2D eigenvalue weighted by Gasteiger charge is 2.49. The number of fused-ring (bicyclic) bond motifs is 1. The van der Waals surface area contributed by atoms with E-state index in [1.807, 2.05) is 13.0 Å². The van der Waals surface area contributed by atoms with Crippen molar-refractivity contribution in [3.63, 3.8) is 0 Å². The molecule has 1 N–H and O–H groups in total. The average Bonchev–Trinajstić information content (AvgIpc) is 2.90. The average molecular weight is 386 g/mol. The van der Waals surface area contributed by atoms with Crippen molar-refractivity contribution in [2.24, 2.45) is 0 Å². The van der Waals surface area contributed by atoms with E-state index in [2.05, 4.69) is 5.32 Å². The predicted octanol–water partition coefficient (Wildman–Crippen LogP) is 2.26. The van der Waals surface area contributed by atoms with Gasteiger partial charge in [-0.3, -0.25) is 14.5 Å². The normalized spacial score (nSPS) is 15.8. The Morgan fingerprint density at radius 2 is 1.89 bits per heavy atom. The third kappa shape index (κ3) is 3.49. The van der Waals surface area contributed by atoms with Gasteiger partial charge in [-0.1, -0.05) is 26.0 Å². The Morgan fingerprint density at radius 3 is 2.54 bits per heavy atom. The van der Waals surface area contributed by atoms with E-state index in [1.54, 1.807) is 26.0 Å². The number of esters is 1. The van der Waals surface area contributed by atoms with Crippen LogP contribution in [0.5, 0.6) is 0 Å². The second-order valence-corrected chi connectivity index (χ2v) is 6.86. The number of rotatable bonds is 6. The zero-order chi connectivity index (χ0) is 20.5. The van der Waals surface area contributed by atoms with Crippen LogP contribution in [0.15, 0.2) is 33.5 Å². The van der Waals surface area contributed by atoms with Gasteiger partial charge in [0.1, 0.15) is 24.3 Å². The molecule has 8 heteroatoms. The Balaban J connectivity index is 1.72. The summed E-state index contributed by atoms with van der Waals surface area (Å²) in [6.07, 6.45) is 0.871. The molecular formula is C20H22N2O6. The lowest BCUT2D eigenvalue weighted by atomic mass is 9.93. The summed E-state index contributed by atoms with van der Waals surface area (Å²) < 4.78 is 10.4. The molecule has 1 aromatic heterocycles. The molecule has 0 unspecified atom stereocenters. The number of carbonyl (C=O) groups is 3. The minimum Gasteiger partial charge on any atom is -0.459 e.